The van der Waals surface area contributed by atoms with E-state index in [0.29, 0.717) is 6.42 Å². The van der Waals surface area contributed by atoms with Crippen molar-refractivity contribution in [2.24, 2.45) is 5.73 Å². The maximum atomic E-state index is 12.1. The molecule has 3 nitrogen and oxygen atoms in total. The second-order valence-corrected chi connectivity index (χ2v) is 6.00. The fraction of sp³-hybridized carbons (Fsp3) is 0.462. The molecule has 1 heterocycles. The summed E-state index contributed by atoms with van der Waals surface area (Å²) in [6, 6.07) is 5.87. The molecule has 1 fully saturated rings. The number of hydrogen-bond donors (Lipinski definition) is 1. The van der Waals surface area contributed by atoms with Crippen molar-refractivity contribution >= 4 is 27.5 Å². The molecule has 4 heteroatoms. The van der Waals surface area contributed by atoms with Gasteiger partial charge in [-0.1, -0.05) is 6.07 Å². The van der Waals surface area contributed by atoms with Gasteiger partial charge in [0.05, 0.1) is 11.2 Å². The molecule has 1 unspecified atom stereocenters. The Labute approximate surface area is 110 Å². The highest BCUT2D eigenvalue weighted by Gasteiger charge is 2.45. The number of anilines is 1. The number of halogens is 1. The molecule has 1 aliphatic rings. The average molecular weight is 297 g/mol. The van der Waals surface area contributed by atoms with Crippen LogP contribution in [0.25, 0.3) is 0 Å². The predicted molar refractivity (Wildman–Crippen MR) is 73.0 cm³/mol. The first kappa shape index (κ1) is 12.6. The minimum Gasteiger partial charge on any atom is -0.325 e. The zero-order chi connectivity index (χ0) is 12.8. The molecule has 0 aliphatic carbocycles. The monoisotopic (exact) mass is 296 g/mol. The third kappa shape index (κ3) is 2.00. The predicted octanol–water partition coefficient (Wildman–Crippen LogP) is 2.60. The lowest BCUT2D eigenvalue weighted by Gasteiger charge is -2.35. The van der Waals surface area contributed by atoms with E-state index in [9.17, 15) is 4.79 Å². The van der Waals surface area contributed by atoms with Crippen LogP contribution in [0.15, 0.2) is 22.7 Å². The quantitative estimate of drug-likeness (QED) is 0.866. The van der Waals surface area contributed by atoms with Crippen molar-refractivity contribution < 1.29 is 4.79 Å². The molecule has 0 bridgehead atoms. The first-order valence-corrected chi connectivity index (χ1v) is 6.48. The van der Waals surface area contributed by atoms with Crippen molar-refractivity contribution in [1.82, 2.24) is 0 Å². The maximum absolute atomic E-state index is 12.1. The number of amides is 1. The molecular formula is C13H17BrN2O. The van der Waals surface area contributed by atoms with E-state index >= 15 is 0 Å². The van der Waals surface area contributed by atoms with Crippen LogP contribution in [0.2, 0.25) is 0 Å². The number of carbonyl (C=O) groups is 1. The lowest BCUT2D eigenvalue weighted by atomic mass is 9.96. The summed E-state index contributed by atoms with van der Waals surface area (Å²) in [5.41, 5.74) is 7.76. The van der Waals surface area contributed by atoms with E-state index in [1.54, 1.807) is 4.90 Å². The number of rotatable bonds is 1. The van der Waals surface area contributed by atoms with Crippen LogP contribution in [0.5, 0.6) is 0 Å². The minimum absolute atomic E-state index is 0.0899. The van der Waals surface area contributed by atoms with Crippen LogP contribution in [0.3, 0.4) is 0 Å². The van der Waals surface area contributed by atoms with Crippen LogP contribution < -0.4 is 10.6 Å². The van der Waals surface area contributed by atoms with Gasteiger partial charge in [-0.05, 0) is 54.4 Å². The molecule has 1 aromatic rings. The number of carbonyl (C=O) groups excluding carboxylic acids is 1. The molecule has 92 valence electrons. The van der Waals surface area contributed by atoms with Gasteiger partial charge >= 0.3 is 0 Å². The lowest BCUT2D eigenvalue weighted by Crippen LogP contribution is -2.49. The lowest BCUT2D eigenvalue weighted by molar-refractivity contribution is -0.117. The summed E-state index contributed by atoms with van der Waals surface area (Å²) < 4.78 is 0.938. The van der Waals surface area contributed by atoms with Crippen molar-refractivity contribution in [2.45, 2.75) is 38.8 Å². The van der Waals surface area contributed by atoms with Crippen molar-refractivity contribution in [2.75, 3.05) is 4.90 Å². The van der Waals surface area contributed by atoms with Gasteiger partial charge in [-0.25, -0.2) is 0 Å². The van der Waals surface area contributed by atoms with E-state index in [0.717, 1.165) is 15.7 Å². The minimum atomic E-state index is -0.338. The van der Waals surface area contributed by atoms with Crippen LogP contribution in [0, 0.1) is 6.92 Å². The molecule has 2 rings (SSSR count). The topological polar surface area (TPSA) is 46.3 Å². The van der Waals surface area contributed by atoms with Crippen LogP contribution in [0.4, 0.5) is 5.69 Å². The Hall–Kier alpha value is -0.870. The van der Waals surface area contributed by atoms with E-state index in [4.69, 9.17) is 5.73 Å². The standard InChI is InChI=1S/C13H17BrN2O/c1-8-4-5-10(9(14)6-8)16-12(17)7-11(15)13(16,2)3/h4-6,11H,7,15H2,1-3H3. The number of aryl methyl sites for hydroxylation is 1. The van der Waals surface area contributed by atoms with Crippen molar-refractivity contribution in [3.8, 4) is 0 Å². The fourth-order valence-corrected chi connectivity index (χ4v) is 2.93. The van der Waals surface area contributed by atoms with Crippen molar-refractivity contribution in [3.63, 3.8) is 0 Å². The van der Waals surface area contributed by atoms with Gasteiger partial charge in [0.25, 0.3) is 0 Å². The normalized spacial score (nSPS) is 23.2. The molecular weight excluding hydrogens is 280 g/mol. The molecule has 0 saturated carbocycles. The van der Waals surface area contributed by atoms with E-state index in [1.165, 1.54) is 0 Å². The molecule has 1 aromatic carbocycles. The zero-order valence-electron chi connectivity index (χ0n) is 10.3. The van der Waals surface area contributed by atoms with Crippen LogP contribution >= 0.6 is 15.9 Å². The Morgan fingerprint density at radius 2 is 2.12 bits per heavy atom. The average Bonchev–Trinajstić information content (AvgIpc) is 2.39. The van der Waals surface area contributed by atoms with Gasteiger partial charge < -0.3 is 10.6 Å². The van der Waals surface area contributed by atoms with Gasteiger partial charge in [0.15, 0.2) is 0 Å². The summed E-state index contributed by atoms with van der Waals surface area (Å²) >= 11 is 3.52. The van der Waals surface area contributed by atoms with Crippen LogP contribution in [-0.2, 0) is 4.79 Å². The Balaban J connectivity index is 2.49. The number of benzene rings is 1. The van der Waals surface area contributed by atoms with Gasteiger partial charge in [-0.3, -0.25) is 4.79 Å². The summed E-state index contributed by atoms with van der Waals surface area (Å²) in [5, 5.41) is 0. The summed E-state index contributed by atoms with van der Waals surface area (Å²) in [6.45, 7) is 6.04. The molecule has 1 amide bonds. The Morgan fingerprint density at radius 3 is 2.59 bits per heavy atom. The van der Waals surface area contributed by atoms with Gasteiger partial charge in [0.2, 0.25) is 5.91 Å². The van der Waals surface area contributed by atoms with Crippen molar-refractivity contribution in [3.05, 3.63) is 28.2 Å². The Morgan fingerprint density at radius 1 is 1.47 bits per heavy atom. The fourth-order valence-electron chi connectivity index (χ4n) is 2.25. The third-order valence-corrected chi connectivity index (χ3v) is 4.11. The summed E-state index contributed by atoms with van der Waals surface area (Å²) in [7, 11) is 0. The molecule has 1 atom stereocenters. The second kappa shape index (κ2) is 4.10. The molecule has 0 spiro atoms. The molecule has 0 radical (unpaired) electrons. The van der Waals surface area contributed by atoms with E-state index in [1.807, 2.05) is 39.0 Å². The Kier molecular flexibility index (Phi) is 3.04. The highest BCUT2D eigenvalue weighted by Crippen LogP contribution is 2.38. The Bertz CT molecular complexity index is 470. The molecule has 0 aromatic heterocycles. The van der Waals surface area contributed by atoms with Crippen LogP contribution in [0.1, 0.15) is 25.8 Å². The first-order valence-electron chi connectivity index (χ1n) is 5.69. The number of nitrogens with two attached hydrogens (primary N) is 1. The van der Waals surface area contributed by atoms with Gasteiger partial charge in [-0.15, -0.1) is 0 Å². The highest BCUT2D eigenvalue weighted by atomic mass is 79.9. The third-order valence-electron chi connectivity index (χ3n) is 3.47. The smallest absolute Gasteiger partial charge is 0.229 e. The number of nitrogens with zero attached hydrogens (tertiary/aromatic N) is 1. The van der Waals surface area contributed by atoms with Gasteiger partial charge in [0.1, 0.15) is 0 Å². The second-order valence-electron chi connectivity index (χ2n) is 5.15. The molecule has 1 saturated heterocycles. The van der Waals surface area contributed by atoms with Crippen molar-refractivity contribution in [1.29, 1.82) is 0 Å². The summed E-state index contributed by atoms with van der Waals surface area (Å²) in [6.07, 6.45) is 0.410. The summed E-state index contributed by atoms with van der Waals surface area (Å²) in [4.78, 5) is 13.9. The molecule has 2 N–H and O–H groups in total. The zero-order valence-corrected chi connectivity index (χ0v) is 11.9. The van der Waals surface area contributed by atoms with Crippen LogP contribution in [-0.4, -0.2) is 17.5 Å². The van der Waals surface area contributed by atoms with E-state index in [-0.39, 0.29) is 17.5 Å². The SMILES string of the molecule is Cc1ccc(N2C(=O)CC(N)C2(C)C)c(Br)c1. The first-order chi connectivity index (χ1) is 7.84. The highest BCUT2D eigenvalue weighted by molar-refractivity contribution is 9.10. The van der Waals surface area contributed by atoms with E-state index in [2.05, 4.69) is 15.9 Å². The summed E-state index contributed by atoms with van der Waals surface area (Å²) in [5.74, 6) is 0.0899. The largest absolute Gasteiger partial charge is 0.325 e. The molecule has 1 aliphatic heterocycles. The van der Waals surface area contributed by atoms with E-state index < -0.39 is 0 Å². The van der Waals surface area contributed by atoms with Gasteiger partial charge in [0, 0.05) is 16.9 Å². The molecule has 17 heavy (non-hydrogen) atoms. The van der Waals surface area contributed by atoms with Gasteiger partial charge in [-0.2, -0.15) is 0 Å². The number of hydrogen-bond acceptors (Lipinski definition) is 2. The maximum Gasteiger partial charge on any atom is 0.229 e.